The molecule has 1 aromatic heterocycles. The normalized spacial score (nSPS) is 11.0. The molecule has 0 aliphatic carbocycles. The van der Waals surface area contributed by atoms with Crippen LogP contribution in [0.3, 0.4) is 0 Å². The summed E-state index contributed by atoms with van der Waals surface area (Å²) < 4.78 is 20.4. The molecule has 152 valence electrons. The number of carbonyl (C=O) groups excluding carboxylic acids is 1. The Kier molecular flexibility index (Phi) is 6.51. The van der Waals surface area contributed by atoms with Crippen molar-refractivity contribution in [3.63, 3.8) is 0 Å². The van der Waals surface area contributed by atoms with Gasteiger partial charge < -0.3 is 10.1 Å². The van der Waals surface area contributed by atoms with E-state index in [-0.39, 0.29) is 18.2 Å². The predicted molar refractivity (Wildman–Crippen MR) is 112 cm³/mol. The Hall–Kier alpha value is -2.90. The number of amides is 1. The minimum Gasteiger partial charge on any atom is -0.494 e. The molecule has 0 bridgehead atoms. The molecule has 6 nitrogen and oxygen atoms in total. The van der Waals surface area contributed by atoms with Gasteiger partial charge in [-0.2, -0.15) is 5.10 Å². The summed E-state index contributed by atoms with van der Waals surface area (Å²) >= 11 is 5.92. The van der Waals surface area contributed by atoms with Crippen LogP contribution >= 0.6 is 11.6 Å². The highest BCUT2D eigenvalue weighted by Crippen LogP contribution is 2.23. The zero-order valence-electron chi connectivity index (χ0n) is 16.4. The number of hydrogen-bond acceptors (Lipinski definition) is 4. The van der Waals surface area contributed by atoms with E-state index in [1.54, 1.807) is 54.0 Å². The third-order valence-corrected chi connectivity index (χ3v) is 4.62. The number of nitrogens with one attached hydrogen (secondary N) is 1. The van der Waals surface area contributed by atoms with Crippen molar-refractivity contribution in [2.24, 2.45) is 7.05 Å². The Morgan fingerprint density at radius 1 is 1.24 bits per heavy atom. The first-order valence-corrected chi connectivity index (χ1v) is 9.34. The number of aryl methyl sites for hydroxylation is 1. The molecule has 0 aliphatic heterocycles. The van der Waals surface area contributed by atoms with Gasteiger partial charge in [-0.3, -0.25) is 14.4 Å². The van der Waals surface area contributed by atoms with Gasteiger partial charge in [-0.25, -0.2) is 4.39 Å². The standard InChI is InChI=1S/C21H22ClFN4O2/c1-26(12-14-4-9-19(29-3)17(23)10-14)13-21(28)24-20-11-18(25-27(20)2)15-5-7-16(22)8-6-15/h4-11H,12-13H2,1-3H3,(H,24,28). The van der Waals surface area contributed by atoms with Crippen molar-refractivity contribution in [1.82, 2.24) is 14.7 Å². The molecular weight excluding hydrogens is 395 g/mol. The maximum absolute atomic E-state index is 13.8. The largest absolute Gasteiger partial charge is 0.494 e. The fourth-order valence-electron chi connectivity index (χ4n) is 2.95. The molecule has 1 amide bonds. The topological polar surface area (TPSA) is 59.4 Å². The Balaban J connectivity index is 1.60. The summed E-state index contributed by atoms with van der Waals surface area (Å²) in [6.07, 6.45) is 0. The van der Waals surface area contributed by atoms with E-state index >= 15 is 0 Å². The van der Waals surface area contributed by atoms with Crippen molar-refractivity contribution in [1.29, 1.82) is 0 Å². The van der Waals surface area contributed by atoms with Gasteiger partial charge in [0, 0.05) is 30.2 Å². The number of benzene rings is 2. The highest BCUT2D eigenvalue weighted by atomic mass is 35.5. The highest BCUT2D eigenvalue weighted by Gasteiger charge is 2.13. The molecule has 2 aromatic carbocycles. The second-order valence-corrected chi connectivity index (χ2v) is 7.17. The van der Waals surface area contributed by atoms with Gasteiger partial charge in [0.2, 0.25) is 5.91 Å². The van der Waals surface area contributed by atoms with Gasteiger partial charge >= 0.3 is 0 Å². The number of hydrogen-bond donors (Lipinski definition) is 1. The second kappa shape index (κ2) is 9.07. The molecule has 0 radical (unpaired) electrons. The molecule has 29 heavy (non-hydrogen) atoms. The number of methoxy groups -OCH3 is 1. The summed E-state index contributed by atoms with van der Waals surface area (Å²) in [5.74, 6) is 0.172. The highest BCUT2D eigenvalue weighted by molar-refractivity contribution is 6.30. The second-order valence-electron chi connectivity index (χ2n) is 6.73. The number of carbonyl (C=O) groups is 1. The zero-order chi connectivity index (χ0) is 21.0. The van der Waals surface area contributed by atoms with Gasteiger partial charge in [0.1, 0.15) is 5.82 Å². The van der Waals surface area contributed by atoms with Gasteiger partial charge in [0.15, 0.2) is 11.6 Å². The predicted octanol–water partition coefficient (Wildman–Crippen LogP) is 3.96. The van der Waals surface area contributed by atoms with Crippen molar-refractivity contribution in [3.05, 3.63) is 64.9 Å². The van der Waals surface area contributed by atoms with Crippen LogP contribution < -0.4 is 10.1 Å². The van der Waals surface area contributed by atoms with Crippen molar-refractivity contribution in [2.75, 3.05) is 26.0 Å². The molecule has 0 atom stereocenters. The lowest BCUT2D eigenvalue weighted by atomic mass is 10.1. The lowest BCUT2D eigenvalue weighted by Gasteiger charge is -2.16. The average molecular weight is 417 g/mol. The number of likely N-dealkylation sites (N-methyl/N-ethyl adjacent to an activating group) is 1. The summed E-state index contributed by atoms with van der Waals surface area (Å²) in [5, 5.41) is 7.94. The van der Waals surface area contributed by atoms with Gasteiger partial charge in [0.25, 0.3) is 0 Å². The van der Waals surface area contributed by atoms with Crippen LogP contribution in [0.15, 0.2) is 48.5 Å². The molecule has 8 heteroatoms. The summed E-state index contributed by atoms with van der Waals surface area (Å²) in [7, 11) is 4.98. The van der Waals surface area contributed by atoms with E-state index in [9.17, 15) is 9.18 Å². The van der Waals surface area contributed by atoms with Crippen LogP contribution in [0.5, 0.6) is 5.75 Å². The molecule has 1 heterocycles. The van der Waals surface area contributed by atoms with Crippen molar-refractivity contribution < 1.29 is 13.9 Å². The smallest absolute Gasteiger partial charge is 0.239 e. The van der Waals surface area contributed by atoms with E-state index in [0.29, 0.717) is 17.4 Å². The Morgan fingerprint density at radius 2 is 1.97 bits per heavy atom. The van der Waals surface area contributed by atoms with Crippen LogP contribution in [-0.2, 0) is 18.4 Å². The third-order valence-electron chi connectivity index (χ3n) is 4.37. The first-order chi connectivity index (χ1) is 13.9. The minimum atomic E-state index is -0.424. The fourth-order valence-corrected chi connectivity index (χ4v) is 3.08. The molecule has 3 aromatic rings. The summed E-state index contributed by atoms with van der Waals surface area (Å²) in [6, 6.07) is 13.9. The lowest BCUT2D eigenvalue weighted by Crippen LogP contribution is -2.30. The van der Waals surface area contributed by atoms with Crippen molar-refractivity contribution in [2.45, 2.75) is 6.54 Å². The zero-order valence-corrected chi connectivity index (χ0v) is 17.2. The lowest BCUT2D eigenvalue weighted by molar-refractivity contribution is -0.117. The molecule has 0 saturated heterocycles. The molecule has 0 spiro atoms. The first-order valence-electron chi connectivity index (χ1n) is 8.96. The summed E-state index contributed by atoms with van der Waals surface area (Å²) in [5.41, 5.74) is 2.40. The number of nitrogens with zero attached hydrogens (tertiary/aromatic N) is 3. The van der Waals surface area contributed by atoms with Crippen LogP contribution in [-0.4, -0.2) is 41.3 Å². The SMILES string of the molecule is COc1ccc(CN(C)CC(=O)Nc2cc(-c3ccc(Cl)cc3)nn2C)cc1F. The average Bonchev–Trinajstić information content (AvgIpc) is 3.02. The van der Waals surface area contributed by atoms with Crippen LogP contribution in [0, 0.1) is 5.82 Å². The molecule has 0 unspecified atom stereocenters. The van der Waals surface area contributed by atoms with Gasteiger partial charge in [-0.05, 0) is 36.9 Å². The number of ether oxygens (including phenoxy) is 1. The number of rotatable bonds is 7. The number of halogens is 2. The minimum absolute atomic E-state index is 0.148. The van der Waals surface area contributed by atoms with E-state index in [0.717, 1.165) is 16.8 Å². The van der Waals surface area contributed by atoms with Crippen LogP contribution in [0.25, 0.3) is 11.3 Å². The van der Waals surface area contributed by atoms with E-state index in [2.05, 4.69) is 10.4 Å². The quantitative estimate of drug-likeness (QED) is 0.633. The Bertz CT molecular complexity index is 1000. The van der Waals surface area contributed by atoms with Crippen LogP contribution in [0.4, 0.5) is 10.2 Å². The van der Waals surface area contributed by atoms with E-state index in [4.69, 9.17) is 16.3 Å². The monoisotopic (exact) mass is 416 g/mol. The van der Waals surface area contributed by atoms with Crippen molar-refractivity contribution in [3.8, 4) is 17.0 Å². The fraction of sp³-hybridized carbons (Fsp3) is 0.238. The summed E-state index contributed by atoms with van der Waals surface area (Å²) in [6.45, 7) is 0.574. The molecule has 0 fully saturated rings. The summed E-state index contributed by atoms with van der Waals surface area (Å²) in [4.78, 5) is 14.2. The number of aromatic nitrogens is 2. The first kappa shape index (κ1) is 20.8. The van der Waals surface area contributed by atoms with Gasteiger partial charge in [0.05, 0.1) is 19.3 Å². The molecule has 3 rings (SSSR count). The van der Waals surface area contributed by atoms with Gasteiger partial charge in [-0.15, -0.1) is 0 Å². The van der Waals surface area contributed by atoms with Gasteiger partial charge in [-0.1, -0.05) is 29.8 Å². The molecular formula is C21H22ClFN4O2. The maximum atomic E-state index is 13.8. The number of anilines is 1. The molecule has 1 N–H and O–H groups in total. The maximum Gasteiger partial charge on any atom is 0.239 e. The Morgan fingerprint density at radius 3 is 2.62 bits per heavy atom. The van der Waals surface area contributed by atoms with Crippen LogP contribution in [0.1, 0.15) is 5.56 Å². The van der Waals surface area contributed by atoms with Crippen LogP contribution in [0.2, 0.25) is 5.02 Å². The molecule has 0 aliphatic rings. The van der Waals surface area contributed by atoms with Crippen molar-refractivity contribution >= 4 is 23.3 Å². The third kappa shape index (κ3) is 5.34. The van der Waals surface area contributed by atoms with E-state index in [1.165, 1.54) is 13.2 Å². The molecule has 0 saturated carbocycles. The Labute approximate surface area is 173 Å². The van der Waals surface area contributed by atoms with E-state index in [1.807, 2.05) is 12.1 Å². The van der Waals surface area contributed by atoms with E-state index < -0.39 is 5.82 Å².